The van der Waals surface area contributed by atoms with Crippen LogP contribution in [0.25, 0.3) is 0 Å². The van der Waals surface area contributed by atoms with Crippen molar-refractivity contribution in [3.8, 4) is 0 Å². The van der Waals surface area contributed by atoms with Crippen molar-refractivity contribution in [2.45, 2.75) is 25.5 Å². The van der Waals surface area contributed by atoms with E-state index in [9.17, 15) is 9.90 Å². The number of nitrogens with zero attached hydrogens (tertiary/aromatic N) is 1. The fraction of sp³-hybridized carbons (Fsp3) is 0.389. The molecule has 1 aliphatic heterocycles. The van der Waals surface area contributed by atoms with Crippen LogP contribution >= 0.6 is 11.3 Å². The Labute approximate surface area is 146 Å². The third kappa shape index (κ3) is 4.27. The highest BCUT2D eigenvalue weighted by Crippen LogP contribution is 2.20. The second-order valence-electron chi connectivity index (χ2n) is 6.19. The second kappa shape index (κ2) is 7.68. The summed E-state index contributed by atoms with van der Waals surface area (Å²) in [6, 6.07) is 10.2. The summed E-state index contributed by atoms with van der Waals surface area (Å²) in [6.45, 7) is 4.04. The first-order valence-corrected chi connectivity index (χ1v) is 9.12. The molecule has 0 saturated carbocycles. The number of urea groups is 1. The number of benzene rings is 1. The molecule has 1 fully saturated rings. The highest BCUT2D eigenvalue weighted by molar-refractivity contribution is 7.07. The minimum Gasteiger partial charge on any atom is -0.387 e. The van der Waals surface area contributed by atoms with Crippen LogP contribution in [0.5, 0.6) is 0 Å². The molecule has 0 bridgehead atoms. The molecule has 3 rings (SSSR count). The van der Waals surface area contributed by atoms with Crippen LogP contribution < -0.4 is 15.5 Å². The van der Waals surface area contributed by atoms with Gasteiger partial charge >= 0.3 is 6.03 Å². The molecule has 0 spiro atoms. The maximum absolute atomic E-state index is 12.0. The number of aliphatic hydroxyl groups excluding tert-OH is 1. The van der Waals surface area contributed by atoms with Crippen molar-refractivity contribution in [3.63, 3.8) is 0 Å². The molecule has 1 aromatic carbocycles. The van der Waals surface area contributed by atoms with Gasteiger partial charge in [-0.2, -0.15) is 11.3 Å². The molecule has 0 aliphatic carbocycles. The fourth-order valence-corrected chi connectivity index (χ4v) is 3.58. The average Bonchev–Trinajstić information content (AvgIpc) is 3.25. The maximum atomic E-state index is 12.0. The summed E-state index contributed by atoms with van der Waals surface area (Å²) in [5.41, 5.74) is 3.28. The van der Waals surface area contributed by atoms with E-state index in [0.717, 1.165) is 25.1 Å². The van der Waals surface area contributed by atoms with Crippen LogP contribution in [-0.4, -0.2) is 36.8 Å². The van der Waals surface area contributed by atoms with E-state index in [2.05, 4.69) is 46.7 Å². The second-order valence-corrected chi connectivity index (χ2v) is 6.97. The molecular formula is C18H23N3O2S. The smallest absolute Gasteiger partial charge is 0.315 e. The number of hydrogen-bond donors (Lipinski definition) is 3. The molecule has 1 aromatic heterocycles. The molecule has 0 unspecified atom stereocenters. The zero-order valence-corrected chi connectivity index (χ0v) is 14.6. The summed E-state index contributed by atoms with van der Waals surface area (Å²) in [5, 5.41) is 19.5. The lowest BCUT2D eigenvalue weighted by atomic mass is 10.2. The molecule has 1 saturated heterocycles. The van der Waals surface area contributed by atoms with E-state index in [0.29, 0.717) is 0 Å². The minimum atomic E-state index is -0.658. The van der Waals surface area contributed by atoms with Gasteiger partial charge in [-0.1, -0.05) is 17.7 Å². The Morgan fingerprint density at radius 3 is 2.88 bits per heavy atom. The zero-order valence-electron chi connectivity index (χ0n) is 13.7. The van der Waals surface area contributed by atoms with Crippen molar-refractivity contribution >= 4 is 23.1 Å². The summed E-state index contributed by atoms with van der Waals surface area (Å²) in [4.78, 5) is 14.3. The number of aliphatic hydroxyl groups is 1. The van der Waals surface area contributed by atoms with Gasteiger partial charge in [-0.15, -0.1) is 0 Å². The molecule has 5 nitrogen and oxygen atoms in total. The molecule has 0 radical (unpaired) electrons. The SMILES string of the molecule is Cc1ccc(N2CC[C@H](NC(=O)NC[C@H](O)c3ccsc3)C2)cc1. The topological polar surface area (TPSA) is 64.6 Å². The van der Waals surface area contributed by atoms with Gasteiger partial charge in [0.1, 0.15) is 0 Å². The van der Waals surface area contributed by atoms with E-state index < -0.39 is 6.10 Å². The predicted molar refractivity (Wildman–Crippen MR) is 97.6 cm³/mol. The Kier molecular flexibility index (Phi) is 5.37. The lowest BCUT2D eigenvalue weighted by Gasteiger charge is -2.19. The van der Waals surface area contributed by atoms with Gasteiger partial charge in [-0.3, -0.25) is 0 Å². The normalized spacial score (nSPS) is 18.4. The van der Waals surface area contributed by atoms with Gasteiger partial charge in [-0.05, 0) is 47.9 Å². The molecule has 128 valence electrons. The van der Waals surface area contributed by atoms with Crippen LogP contribution in [0.3, 0.4) is 0 Å². The lowest BCUT2D eigenvalue weighted by Crippen LogP contribution is -2.44. The first-order chi connectivity index (χ1) is 11.6. The Morgan fingerprint density at radius 2 is 2.17 bits per heavy atom. The largest absolute Gasteiger partial charge is 0.387 e. The van der Waals surface area contributed by atoms with Gasteiger partial charge in [-0.25, -0.2) is 4.79 Å². The van der Waals surface area contributed by atoms with Crippen LogP contribution in [0.1, 0.15) is 23.7 Å². The van der Waals surface area contributed by atoms with E-state index in [4.69, 9.17) is 0 Å². The molecule has 2 amide bonds. The molecule has 2 heterocycles. The van der Waals surface area contributed by atoms with Crippen LogP contribution in [-0.2, 0) is 0 Å². The van der Waals surface area contributed by atoms with Crippen molar-refractivity contribution in [2.24, 2.45) is 0 Å². The Balaban J connectivity index is 1.43. The molecule has 2 aromatic rings. The standard InChI is InChI=1S/C18H23N3O2S/c1-13-2-4-16(5-3-13)21-8-6-15(11-21)20-18(23)19-10-17(22)14-7-9-24-12-14/h2-5,7,9,12,15,17,22H,6,8,10-11H2,1H3,(H2,19,20,23)/t15-,17-/m0/s1. The van der Waals surface area contributed by atoms with E-state index in [1.165, 1.54) is 22.6 Å². The molecule has 3 N–H and O–H groups in total. The highest BCUT2D eigenvalue weighted by Gasteiger charge is 2.24. The van der Waals surface area contributed by atoms with Gasteiger partial charge < -0.3 is 20.6 Å². The summed E-state index contributed by atoms with van der Waals surface area (Å²) in [7, 11) is 0. The number of anilines is 1. The number of thiophene rings is 1. The first kappa shape index (κ1) is 16.8. The minimum absolute atomic E-state index is 0.129. The van der Waals surface area contributed by atoms with Crippen LogP contribution in [0.2, 0.25) is 0 Å². The predicted octanol–water partition coefficient (Wildman–Crippen LogP) is 2.67. The summed E-state index contributed by atoms with van der Waals surface area (Å²) >= 11 is 1.53. The highest BCUT2D eigenvalue weighted by atomic mass is 32.1. The quantitative estimate of drug-likeness (QED) is 0.781. The van der Waals surface area contributed by atoms with Crippen LogP contribution in [0, 0.1) is 6.92 Å². The Bertz CT molecular complexity index is 657. The van der Waals surface area contributed by atoms with Crippen molar-refractivity contribution in [1.82, 2.24) is 10.6 Å². The van der Waals surface area contributed by atoms with Gasteiger partial charge in [0.25, 0.3) is 0 Å². The van der Waals surface area contributed by atoms with Gasteiger partial charge in [0.15, 0.2) is 0 Å². The van der Waals surface area contributed by atoms with Gasteiger partial charge in [0.05, 0.1) is 6.10 Å². The lowest BCUT2D eigenvalue weighted by molar-refractivity contribution is 0.173. The fourth-order valence-electron chi connectivity index (χ4n) is 2.88. The molecule has 2 atom stereocenters. The number of amides is 2. The number of rotatable bonds is 5. The van der Waals surface area contributed by atoms with E-state index in [1.54, 1.807) is 0 Å². The third-order valence-corrected chi connectivity index (χ3v) is 5.01. The van der Waals surface area contributed by atoms with Gasteiger partial charge in [0.2, 0.25) is 0 Å². The van der Waals surface area contributed by atoms with E-state index in [-0.39, 0.29) is 18.6 Å². The average molecular weight is 345 g/mol. The first-order valence-electron chi connectivity index (χ1n) is 8.18. The number of carbonyl (C=O) groups excluding carboxylic acids is 1. The molecule has 6 heteroatoms. The number of nitrogens with one attached hydrogen (secondary N) is 2. The van der Waals surface area contributed by atoms with Crippen LogP contribution in [0.15, 0.2) is 41.1 Å². The van der Waals surface area contributed by atoms with Gasteiger partial charge in [0, 0.05) is 31.4 Å². The van der Waals surface area contributed by atoms with E-state index >= 15 is 0 Å². The summed E-state index contributed by atoms with van der Waals surface area (Å²) < 4.78 is 0. The Morgan fingerprint density at radius 1 is 1.38 bits per heavy atom. The third-order valence-electron chi connectivity index (χ3n) is 4.31. The van der Waals surface area contributed by atoms with Crippen molar-refractivity contribution in [2.75, 3.05) is 24.5 Å². The molecule has 24 heavy (non-hydrogen) atoms. The molecular weight excluding hydrogens is 322 g/mol. The van der Waals surface area contributed by atoms with Crippen molar-refractivity contribution in [1.29, 1.82) is 0 Å². The summed E-state index contributed by atoms with van der Waals surface area (Å²) in [5.74, 6) is 0. The number of aryl methyl sites for hydroxylation is 1. The van der Waals surface area contributed by atoms with Crippen molar-refractivity contribution < 1.29 is 9.90 Å². The number of carbonyl (C=O) groups is 1. The Hall–Kier alpha value is -2.05. The van der Waals surface area contributed by atoms with E-state index in [1.807, 2.05) is 16.8 Å². The number of hydrogen-bond acceptors (Lipinski definition) is 4. The maximum Gasteiger partial charge on any atom is 0.315 e. The van der Waals surface area contributed by atoms with Crippen molar-refractivity contribution in [3.05, 3.63) is 52.2 Å². The summed E-state index contributed by atoms with van der Waals surface area (Å²) in [6.07, 6.45) is 0.267. The zero-order chi connectivity index (χ0) is 16.9. The monoisotopic (exact) mass is 345 g/mol. The van der Waals surface area contributed by atoms with Crippen LogP contribution in [0.4, 0.5) is 10.5 Å². The molecule has 1 aliphatic rings.